The number of fused-ring (bicyclic) bond motifs is 1. The van der Waals surface area contributed by atoms with Crippen LogP contribution in [0, 0.1) is 12.7 Å². The molecule has 0 bridgehead atoms. The largest absolute Gasteiger partial charge is 0.489 e. The van der Waals surface area contributed by atoms with Crippen LogP contribution in [-0.2, 0) is 6.18 Å². The van der Waals surface area contributed by atoms with Gasteiger partial charge in [-0.05, 0) is 44.0 Å². The fraction of sp³-hybridized carbons (Fsp3) is 0.481. The Morgan fingerprint density at radius 2 is 2.02 bits per heavy atom. The van der Waals surface area contributed by atoms with Crippen LogP contribution in [0.1, 0.15) is 30.4 Å². The molecule has 3 aliphatic heterocycles. The van der Waals surface area contributed by atoms with E-state index in [1.165, 1.54) is 13.0 Å². The predicted molar refractivity (Wildman–Crippen MR) is 141 cm³/mol. The second-order valence-electron chi connectivity index (χ2n) is 10.8. The SMILES string of the molecule is Cc1cc(N)cc(-c2c(Cl)c3c4c(nc(OC[C@@]56CCCN5C[C@H](F)C6)nc4c2F)N(C)CCO3)c1C(F)(F)F. The number of ether oxygens (including phenoxy) is 2. The van der Waals surface area contributed by atoms with Gasteiger partial charge in [0.1, 0.15) is 30.7 Å². The van der Waals surface area contributed by atoms with E-state index in [0.717, 1.165) is 25.5 Å². The average molecular weight is 584 g/mol. The van der Waals surface area contributed by atoms with Gasteiger partial charge < -0.3 is 20.1 Å². The van der Waals surface area contributed by atoms with Crippen molar-refractivity contribution in [1.82, 2.24) is 14.9 Å². The number of aromatic nitrogens is 2. The van der Waals surface area contributed by atoms with E-state index in [4.69, 9.17) is 26.8 Å². The fourth-order valence-corrected chi connectivity index (χ4v) is 6.71. The highest BCUT2D eigenvalue weighted by molar-refractivity contribution is 6.36. The van der Waals surface area contributed by atoms with Crippen LogP contribution >= 0.6 is 11.6 Å². The zero-order valence-corrected chi connectivity index (χ0v) is 22.6. The Kier molecular flexibility index (Phi) is 6.41. The zero-order valence-electron chi connectivity index (χ0n) is 21.8. The van der Waals surface area contributed by atoms with Crippen LogP contribution in [0.25, 0.3) is 22.0 Å². The molecule has 2 aromatic carbocycles. The van der Waals surface area contributed by atoms with Crippen LogP contribution in [0.2, 0.25) is 5.02 Å². The average Bonchev–Trinajstić information content (AvgIpc) is 3.32. The van der Waals surface area contributed by atoms with Crippen molar-refractivity contribution in [3.63, 3.8) is 0 Å². The standard InChI is InChI=1S/C27H27ClF5N5O2/c1-13-8-15(34)9-16(19(13)27(31,32)33)17-20(28)23-18-22(21(17)30)35-25(36-24(18)37(2)6-7-39-23)40-12-26-4-3-5-38(26)11-14(29)10-26/h8-9,14H,3-7,10-12,34H2,1-2H3/t14-,26+/m1/s1. The van der Waals surface area contributed by atoms with Crippen molar-refractivity contribution in [3.8, 4) is 22.9 Å². The molecular formula is C27H27ClF5N5O2. The normalized spacial score (nSPS) is 22.9. The molecule has 3 aliphatic rings. The summed E-state index contributed by atoms with van der Waals surface area (Å²) in [6.07, 6.45) is -3.83. The van der Waals surface area contributed by atoms with Crippen molar-refractivity contribution in [1.29, 1.82) is 0 Å². The quantitative estimate of drug-likeness (QED) is 0.308. The Morgan fingerprint density at radius 3 is 2.77 bits per heavy atom. The van der Waals surface area contributed by atoms with Gasteiger partial charge in [-0.15, -0.1) is 0 Å². The molecule has 214 valence electrons. The van der Waals surface area contributed by atoms with Gasteiger partial charge in [0.05, 0.1) is 28.1 Å². The lowest BCUT2D eigenvalue weighted by Crippen LogP contribution is -2.43. The van der Waals surface area contributed by atoms with Gasteiger partial charge in [-0.2, -0.15) is 23.1 Å². The molecule has 3 aromatic rings. The maximum absolute atomic E-state index is 16.4. The lowest BCUT2D eigenvalue weighted by molar-refractivity contribution is -0.137. The molecule has 0 spiro atoms. The summed E-state index contributed by atoms with van der Waals surface area (Å²) < 4.78 is 85.2. The first-order valence-corrected chi connectivity index (χ1v) is 13.3. The molecule has 2 fully saturated rings. The maximum atomic E-state index is 16.4. The monoisotopic (exact) mass is 583 g/mol. The van der Waals surface area contributed by atoms with Crippen LogP contribution in [0.4, 0.5) is 33.5 Å². The van der Waals surface area contributed by atoms with E-state index in [1.807, 2.05) is 0 Å². The number of halogens is 6. The summed E-state index contributed by atoms with van der Waals surface area (Å²) in [5.74, 6) is -0.851. The van der Waals surface area contributed by atoms with Crippen molar-refractivity contribution >= 4 is 34.0 Å². The number of nitrogen functional groups attached to an aromatic ring is 1. The first kappa shape index (κ1) is 27.1. The van der Waals surface area contributed by atoms with Gasteiger partial charge >= 0.3 is 12.2 Å². The molecule has 0 unspecified atom stereocenters. The number of nitrogens with two attached hydrogens (primary N) is 1. The first-order valence-electron chi connectivity index (χ1n) is 13.0. The minimum atomic E-state index is -4.82. The summed E-state index contributed by atoms with van der Waals surface area (Å²) in [7, 11) is 1.72. The molecule has 13 heteroatoms. The van der Waals surface area contributed by atoms with Crippen molar-refractivity contribution in [2.75, 3.05) is 50.5 Å². The Balaban J connectivity index is 1.55. The van der Waals surface area contributed by atoms with E-state index >= 15 is 4.39 Å². The summed E-state index contributed by atoms with van der Waals surface area (Å²) in [5, 5.41) is -0.215. The van der Waals surface area contributed by atoms with Crippen LogP contribution in [-0.4, -0.2) is 66.5 Å². The number of nitrogens with zero attached hydrogens (tertiary/aromatic N) is 4. The molecule has 1 aromatic heterocycles. The molecular weight excluding hydrogens is 557 g/mol. The van der Waals surface area contributed by atoms with Gasteiger partial charge in [0.25, 0.3) is 0 Å². The van der Waals surface area contributed by atoms with Crippen LogP contribution in [0.15, 0.2) is 12.1 Å². The predicted octanol–water partition coefficient (Wildman–Crippen LogP) is 5.78. The Labute approximate surface area is 232 Å². The zero-order chi connectivity index (χ0) is 28.6. The van der Waals surface area contributed by atoms with Crippen LogP contribution in [0.3, 0.4) is 0 Å². The number of aryl methyl sites for hydroxylation is 1. The van der Waals surface area contributed by atoms with Gasteiger partial charge in [0.15, 0.2) is 11.6 Å². The van der Waals surface area contributed by atoms with Crippen LogP contribution < -0.4 is 20.1 Å². The summed E-state index contributed by atoms with van der Waals surface area (Å²) in [5.41, 5.74) is 2.82. The maximum Gasteiger partial charge on any atom is 0.417 e. The van der Waals surface area contributed by atoms with Gasteiger partial charge in [-0.1, -0.05) is 11.6 Å². The third-order valence-electron chi connectivity index (χ3n) is 8.12. The summed E-state index contributed by atoms with van der Waals surface area (Å²) in [6, 6.07) is 2.04. The molecule has 2 atom stereocenters. The molecule has 2 N–H and O–H groups in total. The molecule has 0 aliphatic carbocycles. The van der Waals surface area contributed by atoms with E-state index in [0.29, 0.717) is 19.5 Å². The number of hydrogen-bond acceptors (Lipinski definition) is 7. The van der Waals surface area contributed by atoms with E-state index in [2.05, 4.69) is 14.9 Å². The molecule has 2 saturated heterocycles. The van der Waals surface area contributed by atoms with Crippen molar-refractivity contribution in [2.45, 2.75) is 44.1 Å². The highest BCUT2D eigenvalue weighted by Crippen LogP contribution is 2.51. The number of likely N-dealkylation sites (N-methyl/N-ethyl adjacent to an activating group) is 1. The van der Waals surface area contributed by atoms with E-state index in [-0.39, 0.29) is 58.0 Å². The second-order valence-corrected chi connectivity index (χ2v) is 11.2. The number of hydrogen-bond donors (Lipinski definition) is 1. The fourth-order valence-electron chi connectivity index (χ4n) is 6.37. The second kappa shape index (κ2) is 9.47. The summed E-state index contributed by atoms with van der Waals surface area (Å²) in [4.78, 5) is 12.6. The lowest BCUT2D eigenvalue weighted by Gasteiger charge is -2.31. The highest BCUT2D eigenvalue weighted by atomic mass is 35.5. The molecule has 6 rings (SSSR count). The van der Waals surface area contributed by atoms with Crippen molar-refractivity contribution < 1.29 is 31.4 Å². The van der Waals surface area contributed by atoms with Crippen LogP contribution in [0.5, 0.6) is 11.8 Å². The first-order chi connectivity index (χ1) is 18.9. The minimum Gasteiger partial charge on any atom is -0.489 e. The number of rotatable bonds is 4. The highest BCUT2D eigenvalue weighted by Gasteiger charge is 2.49. The molecule has 0 radical (unpaired) electrons. The van der Waals surface area contributed by atoms with Crippen molar-refractivity contribution in [3.05, 3.63) is 34.1 Å². The van der Waals surface area contributed by atoms with Gasteiger partial charge in [-0.3, -0.25) is 4.90 Å². The Hall–Kier alpha value is -3.12. The van der Waals surface area contributed by atoms with E-state index in [1.54, 1.807) is 11.9 Å². The number of anilines is 2. The van der Waals surface area contributed by atoms with E-state index in [9.17, 15) is 17.6 Å². The summed E-state index contributed by atoms with van der Waals surface area (Å²) in [6.45, 7) is 2.88. The number of alkyl halides is 4. The molecule has 40 heavy (non-hydrogen) atoms. The Bertz CT molecular complexity index is 1520. The van der Waals surface area contributed by atoms with E-state index < -0.39 is 40.4 Å². The molecule has 0 amide bonds. The third kappa shape index (κ3) is 4.27. The van der Waals surface area contributed by atoms with Gasteiger partial charge in [0.2, 0.25) is 0 Å². The summed E-state index contributed by atoms with van der Waals surface area (Å²) >= 11 is 6.62. The molecule has 0 saturated carbocycles. The topological polar surface area (TPSA) is 76.7 Å². The molecule has 7 nitrogen and oxygen atoms in total. The van der Waals surface area contributed by atoms with Crippen molar-refractivity contribution in [2.24, 2.45) is 0 Å². The Morgan fingerprint density at radius 1 is 1.25 bits per heavy atom. The molecule has 4 heterocycles. The van der Waals surface area contributed by atoms with Gasteiger partial charge in [0, 0.05) is 36.8 Å². The lowest BCUT2D eigenvalue weighted by atomic mass is 9.93. The van der Waals surface area contributed by atoms with Gasteiger partial charge in [-0.25, -0.2) is 8.78 Å². The number of benzene rings is 2. The minimum absolute atomic E-state index is 0.0121. The smallest absolute Gasteiger partial charge is 0.417 e. The third-order valence-corrected chi connectivity index (χ3v) is 8.48.